The number of nitrogens with one attached hydrogen (secondary N) is 1. The van der Waals surface area contributed by atoms with E-state index >= 15 is 0 Å². The number of nitrogens with zero attached hydrogens (tertiary/aromatic N) is 1. The fraction of sp³-hybridized carbons (Fsp3) is 0.467. The van der Waals surface area contributed by atoms with Crippen LogP contribution in [0.3, 0.4) is 0 Å². The van der Waals surface area contributed by atoms with Crippen LogP contribution in [0.2, 0.25) is 0 Å². The fourth-order valence-electron chi connectivity index (χ4n) is 2.29. The van der Waals surface area contributed by atoms with E-state index in [0.717, 1.165) is 24.2 Å². The van der Waals surface area contributed by atoms with E-state index in [4.69, 9.17) is 5.73 Å². The Labute approximate surface area is 131 Å². The first kappa shape index (κ1) is 17.5. The number of hydrogen-bond acceptors (Lipinski definition) is 3. The molecule has 1 aliphatic rings. The molecule has 2 atom stereocenters. The van der Waals surface area contributed by atoms with Crippen molar-refractivity contribution in [1.29, 1.82) is 0 Å². The molecule has 2 amide bonds. The minimum atomic E-state index is -0.515. The fourth-order valence-corrected chi connectivity index (χ4v) is 2.29. The Morgan fingerprint density at radius 1 is 1.29 bits per heavy atom. The van der Waals surface area contributed by atoms with Crippen LogP contribution in [-0.2, 0) is 9.59 Å². The third-order valence-electron chi connectivity index (χ3n) is 3.55. The number of carbonyl (C=O) groups excluding carboxylic acids is 2. The van der Waals surface area contributed by atoms with Gasteiger partial charge < -0.3 is 16.0 Å². The maximum atomic E-state index is 11.7. The molecule has 0 aliphatic carbocycles. The van der Waals surface area contributed by atoms with Crippen molar-refractivity contribution in [2.75, 3.05) is 11.4 Å². The summed E-state index contributed by atoms with van der Waals surface area (Å²) >= 11 is 0. The molecule has 2 rings (SSSR count). The first-order chi connectivity index (χ1) is 9.49. The Morgan fingerprint density at radius 3 is 2.38 bits per heavy atom. The minimum Gasteiger partial charge on any atom is -0.348 e. The molecule has 1 aromatic carbocycles. The smallest absolute Gasteiger partial charge is 0.237 e. The Balaban J connectivity index is 0.00000220. The predicted octanol–water partition coefficient (Wildman–Crippen LogP) is 1.76. The molecule has 0 saturated carbocycles. The number of carbonyl (C=O) groups is 2. The van der Waals surface area contributed by atoms with Crippen LogP contribution in [0.5, 0.6) is 0 Å². The molecule has 6 heteroatoms. The molecular weight excluding hydrogens is 290 g/mol. The monoisotopic (exact) mass is 311 g/mol. The number of halogens is 1. The first-order valence-corrected chi connectivity index (χ1v) is 6.95. The van der Waals surface area contributed by atoms with Gasteiger partial charge in [-0.05, 0) is 38.0 Å². The molecule has 116 valence electrons. The summed E-state index contributed by atoms with van der Waals surface area (Å²) in [5.74, 6) is 0.00681. The van der Waals surface area contributed by atoms with Gasteiger partial charge in [0, 0.05) is 18.7 Å². The second-order valence-electron chi connectivity index (χ2n) is 5.26. The van der Waals surface area contributed by atoms with Gasteiger partial charge in [-0.15, -0.1) is 12.4 Å². The Morgan fingerprint density at radius 2 is 1.90 bits per heavy atom. The zero-order chi connectivity index (χ0) is 14.7. The van der Waals surface area contributed by atoms with Gasteiger partial charge in [-0.3, -0.25) is 9.59 Å². The molecule has 0 bridgehead atoms. The molecule has 1 saturated heterocycles. The second kappa shape index (κ2) is 7.43. The van der Waals surface area contributed by atoms with Gasteiger partial charge in [0.1, 0.15) is 0 Å². The maximum absolute atomic E-state index is 11.7. The summed E-state index contributed by atoms with van der Waals surface area (Å²) in [7, 11) is 0. The van der Waals surface area contributed by atoms with E-state index in [9.17, 15) is 9.59 Å². The first-order valence-electron chi connectivity index (χ1n) is 6.95. The van der Waals surface area contributed by atoms with Crippen LogP contribution in [0.25, 0.3) is 0 Å². The van der Waals surface area contributed by atoms with E-state index in [1.165, 1.54) is 0 Å². The number of amides is 2. The van der Waals surface area contributed by atoms with E-state index in [2.05, 4.69) is 5.32 Å². The maximum Gasteiger partial charge on any atom is 0.237 e. The number of rotatable bonds is 4. The summed E-state index contributed by atoms with van der Waals surface area (Å²) in [5.41, 5.74) is 7.44. The molecule has 1 heterocycles. The molecule has 1 aromatic rings. The minimum absolute atomic E-state index is 0. The van der Waals surface area contributed by atoms with Crippen molar-refractivity contribution in [3.63, 3.8) is 0 Å². The molecule has 21 heavy (non-hydrogen) atoms. The molecule has 0 spiro atoms. The molecule has 1 aliphatic heterocycles. The highest BCUT2D eigenvalue weighted by Crippen LogP contribution is 2.23. The van der Waals surface area contributed by atoms with Crippen molar-refractivity contribution in [2.45, 2.75) is 38.8 Å². The summed E-state index contributed by atoms with van der Waals surface area (Å²) < 4.78 is 0. The summed E-state index contributed by atoms with van der Waals surface area (Å²) in [6, 6.07) is 7.11. The van der Waals surface area contributed by atoms with Crippen LogP contribution < -0.4 is 16.0 Å². The normalized spacial score (nSPS) is 17.1. The van der Waals surface area contributed by atoms with Crippen molar-refractivity contribution in [2.24, 2.45) is 5.73 Å². The Kier molecular flexibility index (Phi) is 6.18. The highest BCUT2D eigenvalue weighted by atomic mass is 35.5. The van der Waals surface area contributed by atoms with Gasteiger partial charge >= 0.3 is 0 Å². The van der Waals surface area contributed by atoms with Crippen LogP contribution in [0.15, 0.2) is 24.3 Å². The molecule has 0 radical (unpaired) electrons. The average molecular weight is 312 g/mol. The Hall–Kier alpha value is -1.59. The summed E-state index contributed by atoms with van der Waals surface area (Å²) in [5, 5.41) is 2.85. The van der Waals surface area contributed by atoms with Crippen LogP contribution >= 0.6 is 12.4 Å². The van der Waals surface area contributed by atoms with Crippen molar-refractivity contribution in [1.82, 2.24) is 5.32 Å². The lowest BCUT2D eigenvalue weighted by atomic mass is 10.1. The van der Waals surface area contributed by atoms with E-state index in [-0.39, 0.29) is 30.3 Å². The SMILES string of the molecule is CC(NC(=O)[C@H](C)N)c1ccc(N2CCCC2=O)cc1.Cl. The van der Waals surface area contributed by atoms with Crippen molar-refractivity contribution in [3.8, 4) is 0 Å². The predicted molar refractivity (Wildman–Crippen MR) is 85.5 cm³/mol. The lowest BCUT2D eigenvalue weighted by Gasteiger charge is -2.19. The van der Waals surface area contributed by atoms with Gasteiger partial charge in [0.2, 0.25) is 11.8 Å². The van der Waals surface area contributed by atoms with Crippen LogP contribution in [0.4, 0.5) is 5.69 Å². The van der Waals surface area contributed by atoms with Crippen molar-refractivity contribution in [3.05, 3.63) is 29.8 Å². The number of nitrogens with two attached hydrogens (primary N) is 1. The summed E-state index contributed by atoms with van der Waals surface area (Å²) in [6.45, 7) is 4.36. The second-order valence-corrected chi connectivity index (χ2v) is 5.26. The van der Waals surface area contributed by atoms with Crippen LogP contribution in [0.1, 0.15) is 38.3 Å². The van der Waals surface area contributed by atoms with Gasteiger partial charge in [-0.25, -0.2) is 0 Å². The van der Waals surface area contributed by atoms with E-state index < -0.39 is 6.04 Å². The highest BCUT2D eigenvalue weighted by molar-refractivity contribution is 5.95. The molecular formula is C15H22ClN3O2. The lowest BCUT2D eigenvalue weighted by Crippen LogP contribution is -2.39. The van der Waals surface area contributed by atoms with Gasteiger partial charge in [0.05, 0.1) is 12.1 Å². The zero-order valence-corrected chi connectivity index (χ0v) is 13.2. The van der Waals surface area contributed by atoms with E-state index in [1.807, 2.05) is 31.2 Å². The third-order valence-corrected chi connectivity index (χ3v) is 3.55. The average Bonchev–Trinajstić information content (AvgIpc) is 2.85. The van der Waals surface area contributed by atoms with E-state index in [0.29, 0.717) is 6.42 Å². The quantitative estimate of drug-likeness (QED) is 0.889. The number of anilines is 1. The van der Waals surface area contributed by atoms with Gasteiger partial charge in [0.25, 0.3) is 0 Å². The van der Waals surface area contributed by atoms with Crippen LogP contribution in [-0.4, -0.2) is 24.4 Å². The van der Waals surface area contributed by atoms with Gasteiger partial charge in [0.15, 0.2) is 0 Å². The third kappa shape index (κ3) is 4.19. The van der Waals surface area contributed by atoms with E-state index in [1.54, 1.807) is 11.8 Å². The van der Waals surface area contributed by atoms with Crippen molar-refractivity contribution >= 4 is 29.9 Å². The lowest BCUT2D eigenvalue weighted by molar-refractivity contribution is -0.122. The largest absolute Gasteiger partial charge is 0.348 e. The molecule has 5 nitrogen and oxygen atoms in total. The molecule has 1 unspecified atom stereocenters. The summed E-state index contributed by atoms with van der Waals surface area (Å²) in [4.78, 5) is 25.0. The number of hydrogen-bond donors (Lipinski definition) is 2. The zero-order valence-electron chi connectivity index (χ0n) is 12.3. The number of benzene rings is 1. The topological polar surface area (TPSA) is 75.4 Å². The molecule has 3 N–H and O–H groups in total. The molecule has 1 fully saturated rings. The molecule has 0 aromatic heterocycles. The standard InChI is InChI=1S/C15H21N3O2.ClH/c1-10(16)15(20)17-11(2)12-5-7-13(8-6-12)18-9-3-4-14(18)19;/h5-8,10-11H,3-4,9,16H2,1-2H3,(H,17,20);1H/t10-,11?;/m0./s1. The Bertz CT molecular complexity index is 502. The highest BCUT2D eigenvalue weighted by Gasteiger charge is 2.21. The van der Waals surface area contributed by atoms with Crippen molar-refractivity contribution < 1.29 is 9.59 Å². The van der Waals surface area contributed by atoms with Gasteiger partial charge in [-0.2, -0.15) is 0 Å². The van der Waals surface area contributed by atoms with Gasteiger partial charge in [-0.1, -0.05) is 12.1 Å². The van der Waals surface area contributed by atoms with Crippen LogP contribution in [0, 0.1) is 0 Å². The summed E-state index contributed by atoms with van der Waals surface area (Å²) in [6.07, 6.45) is 1.55.